The van der Waals surface area contributed by atoms with Crippen LogP contribution in [-0.2, 0) is 10.0 Å². The number of nitro groups is 1. The van der Waals surface area contributed by atoms with Crippen molar-refractivity contribution in [3.63, 3.8) is 0 Å². The molecular weight excluding hydrogens is 318 g/mol. The van der Waals surface area contributed by atoms with E-state index in [-0.39, 0.29) is 29.0 Å². The number of nitro benzene ring substituents is 1. The predicted octanol–water partition coefficient (Wildman–Crippen LogP) is 1.31. The summed E-state index contributed by atoms with van der Waals surface area (Å²) in [6.07, 6.45) is 0.766. The summed E-state index contributed by atoms with van der Waals surface area (Å²) in [7, 11) is -2.07. The van der Waals surface area contributed by atoms with Crippen LogP contribution < -0.4 is 5.32 Å². The minimum absolute atomic E-state index is 0. The van der Waals surface area contributed by atoms with E-state index in [0.717, 1.165) is 13.0 Å². The van der Waals surface area contributed by atoms with Crippen LogP contribution >= 0.6 is 12.4 Å². The van der Waals surface area contributed by atoms with Crippen LogP contribution in [0.25, 0.3) is 0 Å². The molecule has 0 radical (unpaired) electrons. The van der Waals surface area contributed by atoms with Gasteiger partial charge in [0.1, 0.15) is 0 Å². The SMILES string of the molecule is Cc1cc(S(=O)(=O)N(C)C2CCNC2)ccc1[N+](=O)[O-].Cl. The van der Waals surface area contributed by atoms with Crippen molar-refractivity contribution in [3.05, 3.63) is 33.9 Å². The summed E-state index contributed by atoms with van der Waals surface area (Å²) in [5, 5.41) is 13.9. The number of sulfonamides is 1. The van der Waals surface area contributed by atoms with Crippen LogP contribution in [0.4, 0.5) is 5.69 Å². The van der Waals surface area contributed by atoms with Gasteiger partial charge in [-0.1, -0.05) is 0 Å². The molecule has 0 saturated carbocycles. The zero-order valence-corrected chi connectivity index (χ0v) is 13.4. The highest BCUT2D eigenvalue weighted by Gasteiger charge is 2.30. The number of aryl methyl sites for hydroxylation is 1. The third-order valence-corrected chi connectivity index (χ3v) is 5.50. The van der Waals surface area contributed by atoms with Crippen LogP contribution in [0.1, 0.15) is 12.0 Å². The molecule has 1 atom stereocenters. The lowest BCUT2D eigenvalue weighted by molar-refractivity contribution is -0.385. The molecule has 1 fully saturated rings. The lowest BCUT2D eigenvalue weighted by Gasteiger charge is -2.23. The van der Waals surface area contributed by atoms with Crippen molar-refractivity contribution < 1.29 is 13.3 Å². The second kappa shape index (κ2) is 6.69. The van der Waals surface area contributed by atoms with E-state index in [4.69, 9.17) is 0 Å². The summed E-state index contributed by atoms with van der Waals surface area (Å²) in [6, 6.07) is 3.81. The number of nitrogens with one attached hydrogen (secondary N) is 1. The molecule has 21 heavy (non-hydrogen) atoms. The lowest BCUT2D eigenvalue weighted by Crippen LogP contribution is -2.38. The van der Waals surface area contributed by atoms with Crippen molar-refractivity contribution in [3.8, 4) is 0 Å². The van der Waals surface area contributed by atoms with Gasteiger partial charge in [0, 0.05) is 31.3 Å². The van der Waals surface area contributed by atoms with E-state index in [1.54, 1.807) is 7.05 Å². The molecule has 0 spiro atoms. The van der Waals surface area contributed by atoms with Crippen LogP contribution in [-0.4, -0.2) is 43.8 Å². The minimum Gasteiger partial charge on any atom is -0.315 e. The molecule has 0 aromatic heterocycles. The fourth-order valence-corrected chi connectivity index (χ4v) is 3.78. The number of hydrogen-bond acceptors (Lipinski definition) is 5. The second-order valence-corrected chi connectivity index (χ2v) is 6.87. The molecule has 1 heterocycles. The molecule has 0 aliphatic carbocycles. The Morgan fingerprint density at radius 3 is 2.57 bits per heavy atom. The van der Waals surface area contributed by atoms with Crippen molar-refractivity contribution in [2.45, 2.75) is 24.3 Å². The standard InChI is InChI=1S/C12H17N3O4S.ClH/c1-9-7-11(3-4-12(9)15(16)17)20(18,19)14(2)10-5-6-13-8-10;/h3-4,7,10,13H,5-6,8H2,1-2H3;1H. The van der Waals surface area contributed by atoms with Crippen LogP contribution in [0.5, 0.6) is 0 Å². The zero-order valence-electron chi connectivity index (χ0n) is 11.8. The molecule has 0 amide bonds. The summed E-state index contributed by atoms with van der Waals surface area (Å²) in [6.45, 7) is 2.96. The van der Waals surface area contributed by atoms with Crippen LogP contribution in [0.15, 0.2) is 23.1 Å². The zero-order chi connectivity index (χ0) is 14.9. The molecule has 1 N–H and O–H groups in total. The average molecular weight is 336 g/mol. The molecule has 9 heteroatoms. The van der Waals surface area contributed by atoms with Gasteiger partial charge in [-0.3, -0.25) is 10.1 Å². The van der Waals surface area contributed by atoms with E-state index in [0.29, 0.717) is 12.1 Å². The number of halogens is 1. The Kier molecular flexibility index (Phi) is 5.68. The highest BCUT2D eigenvalue weighted by molar-refractivity contribution is 7.89. The normalized spacial score (nSPS) is 18.5. The van der Waals surface area contributed by atoms with Crippen molar-refractivity contribution >= 4 is 28.1 Å². The van der Waals surface area contributed by atoms with E-state index in [2.05, 4.69) is 5.32 Å². The lowest BCUT2D eigenvalue weighted by atomic mass is 10.2. The molecule has 118 valence electrons. The van der Waals surface area contributed by atoms with Crippen LogP contribution in [0.3, 0.4) is 0 Å². The summed E-state index contributed by atoms with van der Waals surface area (Å²) in [4.78, 5) is 10.3. The molecule has 1 aliphatic heterocycles. The Bertz CT molecular complexity index is 629. The number of likely N-dealkylation sites (N-methyl/N-ethyl adjacent to an activating group) is 1. The molecule has 0 bridgehead atoms. The van der Waals surface area contributed by atoms with Crippen molar-refractivity contribution in [2.24, 2.45) is 0 Å². The fourth-order valence-electron chi connectivity index (χ4n) is 2.31. The number of hydrogen-bond donors (Lipinski definition) is 1. The van der Waals surface area contributed by atoms with Gasteiger partial charge in [0.2, 0.25) is 10.0 Å². The van der Waals surface area contributed by atoms with Gasteiger partial charge in [-0.05, 0) is 32.0 Å². The van der Waals surface area contributed by atoms with Gasteiger partial charge in [0.15, 0.2) is 0 Å². The third-order valence-electron chi connectivity index (χ3n) is 3.59. The first-order valence-electron chi connectivity index (χ1n) is 6.28. The summed E-state index contributed by atoms with van der Waals surface area (Å²) >= 11 is 0. The number of rotatable bonds is 4. The monoisotopic (exact) mass is 335 g/mol. The summed E-state index contributed by atoms with van der Waals surface area (Å²) < 4.78 is 26.3. The Morgan fingerprint density at radius 1 is 1.43 bits per heavy atom. The van der Waals surface area contributed by atoms with Gasteiger partial charge >= 0.3 is 0 Å². The van der Waals surface area contributed by atoms with Crippen molar-refractivity contribution in [1.29, 1.82) is 0 Å². The van der Waals surface area contributed by atoms with E-state index < -0.39 is 14.9 Å². The molecule has 1 unspecified atom stereocenters. The van der Waals surface area contributed by atoms with E-state index in [1.165, 1.54) is 29.4 Å². The maximum Gasteiger partial charge on any atom is 0.272 e. The van der Waals surface area contributed by atoms with E-state index in [1.807, 2.05) is 0 Å². The second-order valence-electron chi connectivity index (χ2n) is 4.87. The van der Waals surface area contributed by atoms with Gasteiger partial charge in [0.05, 0.1) is 9.82 Å². The van der Waals surface area contributed by atoms with Gasteiger partial charge in [-0.2, -0.15) is 4.31 Å². The Balaban J connectivity index is 0.00000220. The third kappa shape index (κ3) is 3.52. The quantitative estimate of drug-likeness (QED) is 0.661. The molecule has 1 aromatic rings. The first-order chi connectivity index (χ1) is 9.34. The summed E-state index contributed by atoms with van der Waals surface area (Å²) in [5.74, 6) is 0. The molecule has 1 aromatic carbocycles. The summed E-state index contributed by atoms with van der Waals surface area (Å²) in [5.41, 5.74) is 0.267. The van der Waals surface area contributed by atoms with E-state index in [9.17, 15) is 18.5 Å². The van der Waals surface area contributed by atoms with Gasteiger partial charge in [-0.25, -0.2) is 8.42 Å². The molecule has 7 nitrogen and oxygen atoms in total. The van der Waals surface area contributed by atoms with Crippen molar-refractivity contribution in [2.75, 3.05) is 20.1 Å². The maximum absolute atomic E-state index is 12.5. The minimum atomic E-state index is -3.62. The average Bonchev–Trinajstić information content (AvgIpc) is 2.90. The maximum atomic E-state index is 12.5. The molecule has 1 saturated heterocycles. The molecular formula is C12H18ClN3O4S. The largest absolute Gasteiger partial charge is 0.315 e. The van der Waals surface area contributed by atoms with Crippen LogP contribution in [0.2, 0.25) is 0 Å². The fraction of sp³-hybridized carbons (Fsp3) is 0.500. The van der Waals surface area contributed by atoms with Gasteiger partial charge in [0.25, 0.3) is 5.69 Å². The predicted molar refractivity (Wildman–Crippen MR) is 81.3 cm³/mol. The molecule has 2 rings (SSSR count). The topological polar surface area (TPSA) is 92.6 Å². The first-order valence-corrected chi connectivity index (χ1v) is 7.72. The smallest absolute Gasteiger partial charge is 0.272 e. The van der Waals surface area contributed by atoms with Crippen molar-refractivity contribution in [1.82, 2.24) is 9.62 Å². The Morgan fingerprint density at radius 2 is 2.10 bits per heavy atom. The molecule has 1 aliphatic rings. The van der Waals surface area contributed by atoms with Gasteiger partial charge in [-0.15, -0.1) is 12.4 Å². The van der Waals surface area contributed by atoms with E-state index >= 15 is 0 Å². The number of benzene rings is 1. The van der Waals surface area contributed by atoms with Crippen LogP contribution in [0, 0.1) is 17.0 Å². The number of nitrogens with zero attached hydrogens (tertiary/aromatic N) is 2. The van der Waals surface area contributed by atoms with Gasteiger partial charge < -0.3 is 5.32 Å². The highest BCUT2D eigenvalue weighted by atomic mass is 35.5. The highest BCUT2D eigenvalue weighted by Crippen LogP contribution is 2.25. The Labute approximate surface area is 129 Å². The Hall–Kier alpha value is -1.22. The first kappa shape index (κ1) is 17.8.